The van der Waals surface area contributed by atoms with Crippen molar-refractivity contribution in [2.75, 3.05) is 32.5 Å². The van der Waals surface area contributed by atoms with E-state index >= 15 is 0 Å². The summed E-state index contributed by atoms with van der Waals surface area (Å²) in [5, 5.41) is 0. The normalized spacial score (nSPS) is 13.1. The lowest BCUT2D eigenvalue weighted by Crippen LogP contribution is -2.30. The molecule has 2 aromatic rings. The molecule has 0 fully saturated rings. The number of rotatable bonds is 6. The summed E-state index contributed by atoms with van der Waals surface area (Å²) in [4.78, 5) is 15.0. The molecule has 110 valence electrons. The molecule has 0 spiro atoms. The number of imidazole rings is 1. The van der Waals surface area contributed by atoms with E-state index in [0.29, 0.717) is 23.0 Å². The van der Waals surface area contributed by atoms with Crippen LogP contribution >= 0.6 is 0 Å². The van der Waals surface area contributed by atoms with Crippen LogP contribution in [0.2, 0.25) is 0 Å². The van der Waals surface area contributed by atoms with Crippen molar-refractivity contribution in [3.8, 4) is 5.88 Å². The molecule has 2 rings (SSSR count). The number of anilines is 1. The lowest BCUT2D eigenvalue weighted by molar-refractivity contribution is 0.264. The van der Waals surface area contributed by atoms with Crippen molar-refractivity contribution in [2.24, 2.45) is 0 Å². The fraction of sp³-hybridized carbons (Fsp3) is 0.615. The Morgan fingerprint density at radius 3 is 2.65 bits per heavy atom. The molecule has 2 aromatic heterocycles. The molecule has 0 aliphatic carbocycles. The van der Waals surface area contributed by atoms with Crippen LogP contribution in [0.4, 0.5) is 5.95 Å². The van der Waals surface area contributed by atoms with E-state index in [2.05, 4.69) is 40.6 Å². The highest BCUT2D eigenvalue weighted by atomic mass is 16.5. The number of nitrogens with two attached hydrogens (primary N) is 1. The van der Waals surface area contributed by atoms with E-state index in [1.54, 1.807) is 7.11 Å². The highest BCUT2D eigenvalue weighted by Gasteiger charge is 2.19. The van der Waals surface area contributed by atoms with E-state index in [-0.39, 0.29) is 6.04 Å². The number of nitrogen functional groups attached to an aromatic ring is 1. The van der Waals surface area contributed by atoms with Gasteiger partial charge in [0.2, 0.25) is 11.8 Å². The monoisotopic (exact) mass is 278 g/mol. The van der Waals surface area contributed by atoms with Gasteiger partial charge in [-0.2, -0.15) is 4.98 Å². The Labute approximate surface area is 118 Å². The first-order chi connectivity index (χ1) is 9.62. The van der Waals surface area contributed by atoms with E-state index in [0.717, 1.165) is 19.6 Å². The summed E-state index contributed by atoms with van der Waals surface area (Å²) in [5.74, 6) is 0.897. The average molecular weight is 278 g/mol. The lowest BCUT2D eigenvalue weighted by atomic mass is 10.3. The van der Waals surface area contributed by atoms with Gasteiger partial charge in [-0.1, -0.05) is 13.8 Å². The Hall–Kier alpha value is -1.89. The summed E-state index contributed by atoms with van der Waals surface area (Å²) < 4.78 is 7.15. The number of fused-ring (bicyclic) bond motifs is 1. The topological polar surface area (TPSA) is 82.1 Å². The maximum atomic E-state index is 6.05. The van der Waals surface area contributed by atoms with Crippen molar-refractivity contribution in [2.45, 2.75) is 26.8 Å². The van der Waals surface area contributed by atoms with Crippen LogP contribution in [0.3, 0.4) is 0 Å². The number of ether oxygens (including phenoxy) is 1. The van der Waals surface area contributed by atoms with Gasteiger partial charge in [0.15, 0.2) is 11.2 Å². The second-order valence-corrected chi connectivity index (χ2v) is 4.73. The summed E-state index contributed by atoms with van der Waals surface area (Å²) in [7, 11) is 1.57. The SMILES string of the molecule is CCN(CC)CC(C)n1c(N)nc2c(OC)ncnc21. The number of nitrogens with zero attached hydrogens (tertiary/aromatic N) is 5. The second-order valence-electron chi connectivity index (χ2n) is 4.73. The van der Waals surface area contributed by atoms with Crippen molar-refractivity contribution in [3.05, 3.63) is 6.33 Å². The molecule has 7 heteroatoms. The minimum atomic E-state index is 0.180. The Kier molecular flexibility index (Phi) is 4.39. The molecule has 2 N–H and O–H groups in total. The predicted octanol–water partition coefficient (Wildman–Crippen LogP) is 1.32. The zero-order valence-corrected chi connectivity index (χ0v) is 12.5. The molecule has 0 saturated heterocycles. The Morgan fingerprint density at radius 2 is 2.05 bits per heavy atom. The molecular formula is C13H22N6O. The Bertz CT molecular complexity index is 577. The zero-order chi connectivity index (χ0) is 14.7. The summed E-state index contributed by atoms with van der Waals surface area (Å²) in [6, 6.07) is 0.180. The van der Waals surface area contributed by atoms with E-state index in [1.165, 1.54) is 6.33 Å². The molecule has 0 aliphatic heterocycles. The van der Waals surface area contributed by atoms with Crippen LogP contribution in [0.25, 0.3) is 11.2 Å². The smallest absolute Gasteiger partial charge is 0.245 e. The van der Waals surface area contributed by atoms with Crippen molar-refractivity contribution >= 4 is 17.1 Å². The number of hydrogen-bond donors (Lipinski definition) is 1. The first-order valence-electron chi connectivity index (χ1n) is 6.87. The molecule has 0 aromatic carbocycles. The first kappa shape index (κ1) is 14.5. The molecule has 0 saturated carbocycles. The summed E-state index contributed by atoms with van der Waals surface area (Å²) >= 11 is 0. The first-order valence-corrected chi connectivity index (χ1v) is 6.87. The van der Waals surface area contributed by atoms with Crippen LogP contribution in [0.1, 0.15) is 26.8 Å². The molecule has 0 radical (unpaired) electrons. The van der Waals surface area contributed by atoms with E-state index in [1.807, 2.05) is 4.57 Å². The van der Waals surface area contributed by atoms with Gasteiger partial charge in [0.25, 0.3) is 0 Å². The summed E-state index contributed by atoms with van der Waals surface area (Å²) in [6.45, 7) is 9.32. The second kappa shape index (κ2) is 6.04. The Morgan fingerprint density at radius 1 is 1.35 bits per heavy atom. The van der Waals surface area contributed by atoms with Crippen LogP contribution in [0.15, 0.2) is 6.33 Å². The standard InChI is InChI=1S/C13H22N6O/c1-5-18(6-2)7-9(3)19-11-10(17-13(19)14)12(20-4)16-8-15-11/h8-9H,5-7H2,1-4H3,(H2,14,17). The minimum Gasteiger partial charge on any atom is -0.479 e. The van der Waals surface area contributed by atoms with Gasteiger partial charge in [0.05, 0.1) is 7.11 Å². The number of methoxy groups -OCH3 is 1. The fourth-order valence-corrected chi connectivity index (χ4v) is 2.43. The van der Waals surface area contributed by atoms with Crippen LogP contribution in [-0.4, -0.2) is 51.2 Å². The number of likely N-dealkylation sites (N-methyl/N-ethyl adjacent to an activating group) is 1. The zero-order valence-electron chi connectivity index (χ0n) is 12.5. The quantitative estimate of drug-likeness (QED) is 0.858. The molecule has 0 bridgehead atoms. The predicted molar refractivity (Wildman–Crippen MR) is 78.8 cm³/mol. The van der Waals surface area contributed by atoms with Crippen molar-refractivity contribution in [1.29, 1.82) is 0 Å². The molecule has 1 atom stereocenters. The highest BCUT2D eigenvalue weighted by molar-refractivity contribution is 5.79. The van der Waals surface area contributed by atoms with Gasteiger partial charge in [0.1, 0.15) is 6.33 Å². The number of aromatic nitrogens is 4. The van der Waals surface area contributed by atoms with Gasteiger partial charge >= 0.3 is 0 Å². The van der Waals surface area contributed by atoms with Gasteiger partial charge in [-0.15, -0.1) is 0 Å². The van der Waals surface area contributed by atoms with Crippen LogP contribution in [0, 0.1) is 0 Å². The molecule has 0 amide bonds. The van der Waals surface area contributed by atoms with Crippen molar-refractivity contribution in [3.63, 3.8) is 0 Å². The molecule has 2 heterocycles. The molecular weight excluding hydrogens is 256 g/mol. The molecule has 7 nitrogen and oxygen atoms in total. The van der Waals surface area contributed by atoms with Gasteiger partial charge in [-0.25, -0.2) is 9.97 Å². The van der Waals surface area contributed by atoms with E-state index in [9.17, 15) is 0 Å². The van der Waals surface area contributed by atoms with Crippen LogP contribution in [0.5, 0.6) is 5.88 Å². The summed E-state index contributed by atoms with van der Waals surface area (Å²) in [5.41, 5.74) is 7.37. The molecule has 0 aliphatic rings. The van der Waals surface area contributed by atoms with E-state index in [4.69, 9.17) is 10.5 Å². The van der Waals surface area contributed by atoms with Gasteiger partial charge in [-0.3, -0.25) is 4.57 Å². The fourth-order valence-electron chi connectivity index (χ4n) is 2.43. The maximum absolute atomic E-state index is 6.05. The average Bonchev–Trinajstić information content (AvgIpc) is 2.80. The van der Waals surface area contributed by atoms with Crippen molar-refractivity contribution in [1.82, 2.24) is 24.4 Å². The Balaban J connectivity index is 2.41. The van der Waals surface area contributed by atoms with Gasteiger partial charge < -0.3 is 15.4 Å². The van der Waals surface area contributed by atoms with Crippen LogP contribution < -0.4 is 10.5 Å². The third kappa shape index (κ3) is 2.53. The minimum absolute atomic E-state index is 0.180. The largest absolute Gasteiger partial charge is 0.479 e. The van der Waals surface area contributed by atoms with Gasteiger partial charge in [0, 0.05) is 12.6 Å². The third-order valence-corrected chi connectivity index (χ3v) is 3.52. The lowest BCUT2D eigenvalue weighted by Gasteiger charge is -2.24. The van der Waals surface area contributed by atoms with Crippen molar-refractivity contribution < 1.29 is 4.74 Å². The number of hydrogen-bond acceptors (Lipinski definition) is 6. The molecule has 1 unspecified atom stereocenters. The maximum Gasteiger partial charge on any atom is 0.245 e. The highest BCUT2D eigenvalue weighted by Crippen LogP contribution is 2.26. The third-order valence-electron chi connectivity index (χ3n) is 3.52. The molecule has 20 heavy (non-hydrogen) atoms. The van der Waals surface area contributed by atoms with Crippen LogP contribution in [-0.2, 0) is 0 Å². The van der Waals surface area contributed by atoms with E-state index < -0.39 is 0 Å². The summed E-state index contributed by atoms with van der Waals surface area (Å²) in [6.07, 6.45) is 1.48. The van der Waals surface area contributed by atoms with Gasteiger partial charge in [-0.05, 0) is 20.0 Å².